The third kappa shape index (κ3) is 5.01. The molecule has 0 bridgehead atoms. The van der Waals surface area contributed by atoms with Crippen molar-refractivity contribution in [3.63, 3.8) is 0 Å². The molecule has 0 saturated heterocycles. The van der Waals surface area contributed by atoms with E-state index in [2.05, 4.69) is 5.32 Å². The molecule has 13 heteroatoms. The highest BCUT2D eigenvalue weighted by molar-refractivity contribution is 7.91. The number of benzene rings is 2. The fourth-order valence-electron chi connectivity index (χ4n) is 2.38. The van der Waals surface area contributed by atoms with E-state index in [0.717, 1.165) is 12.1 Å². The van der Waals surface area contributed by atoms with Crippen LogP contribution in [-0.4, -0.2) is 43.7 Å². The predicted octanol–water partition coefficient (Wildman–Crippen LogP) is 3.83. The van der Waals surface area contributed by atoms with Crippen LogP contribution in [0.5, 0.6) is 0 Å². The third-order valence-corrected chi connectivity index (χ3v) is 7.15. The average molecular weight is 513 g/mol. The van der Waals surface area contributed by atoms with Crippen molar-refractivity contribution in [3.8, 4) is 0 Å². The molecule has 0 aliphatic carbocycles. The van der Waals surface area contributed by atoms with Crippen LogP contribution in [0.4, 0.5) is 18.9 Å². The van der Waals surface area contributed by atoms with Crippen LogP contribution in [0.15, 0.2) is 46.2 Å². The summed E-state index contributed by atoms with van der Waals surface area (Å²) in [6, 6.07) is 6.83. The summed E-state index contributed by atoms with van der Waals surface area (Å²) in [6.07, 6.45) is -5.27. The standard InChI is InChI=1S/C19H17Cl2F3N2O5S/c1-3-25-16(27)10-4-6-11(7-5-10)32(30,31)13-9-8-12(14(20)15(13)21)26-17(28)18(2,29)19(22,23)24/h4-9,29H,3H2,1-2H3,(H,25,27)(H,26,28)/t18-/m1/s1. The summed E-state index contributed by atoms with van der Waals surface area (Å²) in [4.78, 5) is 23.0. The Morgan fingerprint density at radius 2 is 1.59 bits per heavy atom. The molecule has 0 saturated carbocycles. The van der Waals surface area contributed by atoms with E-state index in [9.17, 15) is 36.3 Å². The summed E-state index contributed by atoms with van der Waals surface area (Å²) in [5.74, 6) is -2.23. The van der Waals surface area contributed by atoms with Gasteiger partial charge in [0.05, 0.1) is 25.5 Å². The molecule has 7 nitrogen and oxygen atoms in total. The number of nitrogens with one attached hydrogen (secondary N) is 2. The van der Waals surface area contributed by atoms with Gasteiger partial charge in [0, 0.05) is 12.1 Å². The van der Waals surface area contributed by atoms with Gasteiger partial charge in [0.1, 0.15) is 0 Å². The van der Waals surface area contributed by atoms with E-state index < -0.39 is 54.1 Å². The highest BCUT2D eigenvalue weighted by atomic mass is 35.5. The van der Waals surface area contributed by atoms with Gasteiger partial charge in [-0.05, 0) is 50.2 Å². The number of alkyl halides is 3. The zero-order valence-electron chi connectivity index (χ0n) is 16.5. The quantitative estimate of drug-likeness (QED) is 0.544. The molecule has 174 valence electrons. The summed E-state index contributed by atoms with van der Waals surface area (Å²) in [5, 5.41) is 12.7. The second-order valence-electron chi connectivity index (χ2n) is 6.65. The molecule has 1 atom stereocenters. The maximum absolute atomic E-state index is 12.9. The second kappa shape index (κ2) is 9.26. The van der Waals surface area contributed by atoms with Gasteiger partial charge in [-0.1, -0.05) is 23.2 Å². The molecule has 0 fully saturated rings. The Hall–Kier alpha value is -2.34. The van der Waals surface area contributed by atoms with Crippen LogP contribution < -0.4 is 10.6 Å². The van der Waals surface area contributed by atoms with Crippen molar-refractivity contribution in [2.75, 3.05) is 11.9 Å². The summed E-state index contributed by atoms with van der Waals surface area (Å²) >= 11 is 12.0. The van der Waals surface area contributed by atoms with Gasteiger partial charge in [-0.25, -0.2) is 8.42 Å². The SMILES string of the molecule is CCNC(=O)c1ccc(S(=O)(=O)c2ccc(NC(=O)[C@@](C)(O)C(F)(F)F)c(Cl)c2Cl)cc1. The van der Waals surface area contributed by atoms with Crippen molar-refractivity contribution in [3.05, 3.63) is 52.0 Å². The third-order valence-electron chi connectivity index (χ3n) is 4.34. The molecule has 0 unspecified atom stereocenters. The van der Waals surface area contributed by atoms with Crippen LogP contribution in [0.2, 0.25) is 10.0 Å². The molecular weight excluding hydrogens is 496 g/mol. The zero-order valence-corrected chi connectivity index (χ0v) is 18.9. The fourth-order valence-corrected chi connectivity index (χ4v) is 4.45. The molecule has 0 aliphatic rings. The number of rotatable bonds is 6. The molecule has 32 heavy (non-hydrogen) atoms. The number of aliphatic hydroxyl groups is 1. The largest absolute Gasteiger partial charge is 0.426 e. The number of hydrogen-bond acceptors (Lipinski definition) is 5. The Morgan fingerprint density at radius 3 is 2.09 bits per heavy atom. The van der Waals surface area contributed by atoms with E-state index >= 15 is 0 Å². The minimum Gasteiger partial charge on any atom is -0.373 e. The molecule has 2 rings (SSSR count). The van der Waals surface area contributed by atoms with E-state index in [-0.39, 0.29) is 17.4 Å². The summed E-state index contributed by atoms with van der Waals surface area (Å²) in [6.45, 7) is 2.36. The van der Waals surface area contributed by atoms with Crippen LogP contribution in [0.25, 0.3) is 0 Å². The summed E-state index contributed by atoms with van der Waals surface area (Å²) in [7, 11) is -4.23. The smallest absolute Gasteiger partial charge is 0.373 e. The van der Waals surface area contributed by atoms with Crippen LogP contribution >= 0.6 is 23.2 Å². The fraction of sp³-hybridized carbons (Fsp3) is 0.263. The van der Waals surface area contributed by atoms with E-state index in [4.69, 9.17) is 23.2 Å². The topological polar surface area (TPSA) is 113 Å². The van der Waals surface area contributed by atoms with Gasteiger partial charge in [-0.3, -0.25) is 9.59 Å². The monoisotopic (exact) mass is 512 g/mol. The lowest BCUT2D eigenvalue weighted by molar-refractivity contribution is -0.242. The minimum absolute atomic E-state index is 0.222. The zero-order chi connectivity index (χ0) is 24.5. The Labute approximate surface area is 191 Å². The normalized spacial score (nSPS) is 13.9. The number of amides is 2. The van der Waals surface area contributed by atoms with Gasteiger partial charge in [0.25, 0.3) is 11.8 Å². The highest BCUT2D eigenvalue weighted by Gasteiger charge is 2.55. The van der Waals surface area contributed by atoms with Gasteiger partial charge in [-0.15, -0.1) is 0 Å². The van der Waals surface area contributed by atoms with Gasteiger partial charge in [-0.2, -0.15) is 13.2 Å². The Kier molecular flexibility index (Phi) is 7.50. The first-order chi connectivity index (χ1) is 14.6. The first-order valence-corrected chi connectivity index (χ1v) is 11.1. The Balaban J connectivity index is 2.39. The molecule has 0 aliphatic heterocycles. The number of hydrogen-bond donors (Lipinski definition) is 3. The maximum Gasteiger partial charge on any atom is 0.426 e. The lowest BCUT2D eigenvalue weighted by Crippen LogP contribution is -2.52. The number of anilines is 1. The first kappa shape index (κ1) is 25.9. The number of carbonyl (C=O) groups is 2. The van der Waals surface area contributed by atoms with Crippen molar-refractivity contribution < 1.29 is 36.3 Å². The average Bonchev–Trinajstić information content (AvgIpc) is 2.70. The highest BCUT2D eigenvalue weighted by Crippen LogP contribution is 2.39. The maximum atomic E-state index is 12.9. The van der Waals surface area contributed by atoms with Gasteiger partial charge < -0.3 is 15.7 Å². The Morgan fingerprint density at radius 1 is 1.03 bits per heavy atom. The van der Waals surface area contributed by atoms with Gasteiger partial charge in [0.15, 0.2) is 0 Å². The minimum atomic E-state index is -5.27. The number of halogens is 5. The van der Waals surface area contributed by atoms with Crippen molar-refractivity contribution >= 4 is 50.5 Å². The van der Waals surface area contributed by atoms with Gasteiger partial charge in [0.2, 0.25) is 15.4 Å². The van der Waals surface area contributed by atoms with Crippen molar-refractivity contribution in [1.29, 1.82) is 0 Å². The number of carbonyl (C=O) groups excluding carboxylic acids is 2. The van der Waals surface area contributed by atoms with Crippen molar-refractivity contribution in [1.82, 2.24) is 5.32 Å². The van der Waals surface area contributed by atoms with E-state index in [0.29, 0.717) is 6.54 Å². The van der Waals surface area contributed by atoms with Gasteiger partial charge >= 0.3 is 6.18 Å². The second-order valence-corrected chi connectivity index (χ2v) is 9.32. The van der Waals surface area contributed by atoms with E-state index in [1.54, 1.807) is 12.2 Å². The van der Waals surface area contributed by atoms with E-state index in [1.165, 1.54) is 24.3 Å². The van der Waals surface area contributed by atoms with Crippen LogP contribution in [-0.2, 0) is 14.6 Å². The molecule has 2 aromatic carbocycles. The molecule has 2 amide bonds. The molecule has 0 aromatic heterocycles. The molecule has 0 heterocycles. The van der Waals surface area contributed by atoms with Crippen molar-refractivity contribution in [2.24, 2.45) is 0 Å². The van der Waals surface area contributed by atoms with Crippen LogP contribution in [0.3, 0.4) is 0 Å². The van der Waals surface area contributed by atoms with E-state index in [1.807, 2.05) is 0 Å². The molecule has 0 radical (unpaired) electrons. The molecule has 3 N–H and O–H groups in total. The molecular formula is C19H17Cl2F3N2O5S. The lowest BCUT2D eigenvalue weighted by Gasteiger charge is -2.25. The Bertz CT molecular complexity index is 1150. The van der Waals surface area contributed by atoms with Crippen LogP contribution in [0, 0.1) is 0 Å². The lowest BCUT2D eigenvalue weighted by atomic mass is 10.1. The summed E-state index contributed by atoms with van der Waals surface area (Å²) in [5.41, 5.74) is -3.93. The molecule has 0 spiro atoms. The van der Waals surface area contributed by atoms with Crippen LogP contribution in [0.1, 0.15) is 24.2 Å². The summed E-state index contributed by atoms with van der Waals surface area (Å²) < 4.78 is 64.3. The van der Waals surface area contributed by atoms with Crippen molar-refractivity contribution in [2.45, 2.75) is 35.4 Å². The number of sulfone groups is 1. The molecule has 2 aromatic rings. The first-order valence-electron chi connectivity index (χ1n) is 8.86. The predicted molar refractivity (Wildman–Crippen MR) is 112 cm³/mol.